The fraction of sp³-hybridized carbons (Fsp3) is 0.312. The van der Waals surface area contributed by atoms with E-state index < -0.39 is 23.7 Å². The number of benzene rings is 1. The first kappa shape index (κ1) is 16.5. The van der Waals surface area contributed by atoms with E-state index in [2.05, 4.69) is 10.1 Å². The molecule has 0 saturated carbocycles. The SMILES string of the molecule is COC(=O)c1ccc(C)c(NC=C2C(=O)OC(C)(C)OC2=O)c1. The number of carbonyl (C=O) groups excluding carboxylic acids is 3. The van der Waals surface area contributed by atoms with Gasteiger partial charge in [0.15, 0.2) is 5.57 Å². The van der Waals surface area contributed by atoms with Gasteiger partial charge in [0.25, 0.3) is 5.79 Å². The summed E-state index contributed by atoms with van der Waals surface area (Å²) in [5.74, 6) is -3.33. The van der Waals surface area contributed by atoms with E-state index in [0.29, 0.717) is 11.3 Å². The van der Waals surface area contributed by atoms with Crippen molar-refractivity contribution in [1.82, 2.24) is 0 Å². The lowest BCUT2D eigenvalue weighted by Gasteiger charge is -2.29. The molecule has 0 radical (unpaired) electrons. The lowest BCUT2D eigenvalue weighted by molar-refractivity contribution is -0.222. The Labute approximate surface area is 133 Å². The fourth-order valence-electron chi connectivity index (χ4n) is 1.95. The molecule has 1 heterocycles. The van der Waals surface area contributed by atoms with Crippen LogP contribution < -0.4 is 5.32 Å². The summed E-state index contributed by atoms with van der Waals surface area (Å²) in [5, 5.41) is 2.82. The Kier molecular flexibility index (Phi) is 4.40. The van der Waals surface area contributed by atoms with Crippen molar-refractivity contribution in [1.29, 1.82) is 0 Å². The molecule has 122 valence electrons. The summed E-state index contributed by atoms with van der Waals surface area (Å²) in [7, 11) is 1.28. The van der Waals surface area contributed by atoms with E-state index in [1.54, 1.807) is 18.2 Å². The van der Waals surface area contributed by atoms with Gasteiger partial charge >= 0.3 is 17.9 Å². The predicted molar refractivity (Wildman–Crippen MR) is 80.5 cm³/mol. The van der Waals surface area contributed by atoms with Crippen LogP contribution in [0.5, 0.6) is 0 Å². The molecule has 0 aliphatic carbocycles. The molecule has 1 saturated heterocycles. The second kappa shape index (κ2) is 6.12. The highest BCUT2D eigenvalue weighted by Gasteiger charge is 2.38. The van der Waals surface area contributed by atoms with Crippen molar-refractivity contribution >= 4 is 23.6 Å². The number of hydrogen-bond donors (Lipinski definition) is 1. The van der Waals surface area contributed by atoms with Gasteiger partial charge in [-0.1, -0.05) is 6.07 Å². The van der Waals surface area contributed by atoms with Crippen molar-refractivity contribution in [3.63, 3.8) is 0 Å². The molecule has 7 nitrogen and oxygen atoms in total. The van der Waals surface area contributed by atoms with Crippen molar-refractivity contribution in [3.8, 4) is 0 Å². The third-order valence-corrected chi connectivity index (χ3v) is 3.15. The number of nitrogens with one attached hydrogen (secondary N) is 1. The van der Waals surface area contributed by atoms with E-state index in [-0.39, 0.29) is 5.57 Å². The molecule has 0 bridgehead atoms. The molecule has 0 spiro atoms. The van der Waals surface area contributed by atoms with Crippen molar-refractivity contribution in [2.75, 3.05) is 12.4 Å². The topological polar surface area (TPSA) is 90.9 Å². The zero-order valence-corrected chi connectivity index (χ0v) is 13.3. The first-order valence-electron chi connectivity index (χ1n) is 6.86. The Morgan fingerprint density at radius 1 is 1.22 bits per heavy atom. The summed E-state index contributed by atoms with van der Waals surface area (Å²) in [6.07, 6.45) is 1.20. The van der Waals surface area contributed by atoms with Crippen LogP contribution >= 0.6 is 0 Å². The molecule has 1 aromatic carbocycles. The summed E-state index contributed by atoms with van der Waals surface area (Å²) >= 11 is 0. The molecular weight excluding hydrogens is 302 g/mol. The highest BCUT2D eigenvalue weighted by atomic mass is 16.7. The lowest BCUT2D eigenvalue weighted by Crippen LogP contribution is -2.42. The molecule has 0 aromatic heterocycles. The second-order valence-corrected chi connectivity index (χ2v) is 5.40. The average Bonchev–Trinajstić information content (AvgIpc) is 2.46. The number of cyclic esters (lactones) is 2. The smallest absolute Gasteiger partial charge is 0.350 e. The zero-order chi connectivity index (χ0) is 17.2. The number of anilines is 1. The fourth-order valence-corrected chi connectivity index (χ4v) is 1.95. The molecule has 2 rings (SSSR count). The van der Waals surface area contributed by atoms with Crippen LogP contribution in [0.15, 0.2) is 30.0 Å². The van der Waals surface area contributed by atoms with E-state index in [9.17, 15) is 14.4 Å². The molecule has 0 amide bonds. The number of esters is 3. The number of hydrogen-bond acceptors (Lipinski definition) is 7. The summed E-state index contributed by atoms with van der Waals surface area (Å²) < 4.78 is 14.6. The summed E-state index contributed by atoms with van der Waals surface area (Å²) in [4.78, 5) is 35.2. The van der Waals surface area contributed by atoms with Gasteiger partial charge in [-0.05, 0) is 24.6 Å². The molecule has 1 aliphatic heterocycles. The number of carbonyl (C=O) groups is 3. The third kappa shape index (κ3) is 3.68. The molecule has 1 fully saturated rings. The van der Waals surface area contributed by atoms with E-state index in [0.717, 1.165) is 5.56 Å². The van der Waals surface area contributed by atoms with Gasteiger partial charge in [-0.25, -0.2) is 14.4 Å². The van der Waals surface area contributed by atoms with Crippen molar-refractivity contribution in [3.05, 3.63) is 41.1 Å². The number of rotatable bonds is 3. The van der Waals surface area contributed by atoms with Gasteiger partial charge in [-0.2, -0.15) is 0 Å². The number of methoxy groups -OCH3 is 1. The molecule has 7 heteroatoms. The lowest BCUT2D eigenvalue weighted by atomic mass is 10.1. The second-order valence-electron chi connectivity index (χ2n) is 5.40. The predicted octanol–water partition coefficient (Wildman–Crippen LogP) is 1.91. The highest BCUT2D eigenvalue weighted by molar-refractivity contribution is 6.15. The number of aryl methyl sites for hydroxylation is 1. The zero-order valence-electron chi connectivity index (χ0n) is 13.3. The summed E-state index contributed by atoms with van der Waals surface area (Å²) in [6, 6.07) is 4.89. The van der Waals surface area contributed by atoms with E-state index in [4.69, 9.17) is 9.47 Å². The van der Waals surface area contributed by atoms with Gasteiger partial charge in [0.1, 0.15) is 0 Å². The van der Waals surface area contributed by atoms with E-state index in [1.165, 1.54) is 27.2 Å². The summed E-state index contributed by atoms with van der Waals surface area (Å²) in [5.41, 5.74) is 1.44. The van der Waals surface area contributed by atoms with Crippen LogP contribution in [0.25, 0.3) is 0 Å². The van der Waals surface area contributed by atoms with Crippen LogP contribution in [-0.2, 0) is 23.8 Å². The van der Waals surface area contributed by atoms with Crippen LogP contribution in [0.2, 0.25) is 0 Å². The minimum Gasteiger partial charge on any atom is -0.465 e. The summed E-state index contributed by atoms with van der Waals surface area (Å²) in [6.45, 7) is 4.75. The largest absolute Gasteiger partial charge is 0.465 e. The van der Waals surface area contributed by atoms with Crippen molar-refractivity contribution < 1.29 is 28.6 Å². The maximum Gasteiger partial charge on any atom is 0.350 e. The molecule has 1 aliphatic rings. The Hall–Kier alpha value is -2.83. The Bertz CT molecular complexity index is 683. The van der Waals surface area contributed by atoms with Gasteiger partial charge in [-0.15, -0.1) is 0 Å². The maximum absolute atomic E-state index is 11.8. The van der Waals surface area contributed by atoms with Crippen LogP contribution in [0, 0.1) is 6.92 Å². The quantitative estimate of drug-likeness (QED) is 0.517. The minimum absolute atomic E-state index is 0.257. The van der Waals surface area contributed by atoms with Crippen LogP contribution in [0.1, 0.15) is 29.8 Å². The van der Waals surface area contributed by atoms with E-state index >= 15 is 0 Å². The van der Waals surface area contributed by atoms with Gasteiger partial charge in [-0.3, -0.25) is 0 Å². The molecule has 0 atom stereocenters. The van der Waals surface area contributed by atoms with Crippen LogP contribution in [0.3, 0.4) is 0 Å². The Morgan fingerprint density at radius 3 is 2.39 bits per heavy atom. The van der Waals surface area contributed by atoms with Gasteiger partial charge in [0.2, 0.25) is 0 Å². The minimum atomic E-state index is -1.29. The molecule has 1 aromatic rings. The third-order valence-electron chi connectivity index (χ3n) is 3.15. The van der Waals surface area contributed by atoms with Crippen molar-refractivity contribution in [2.24, 2.45) is 0 Å². The van der Waals surface area contributed by atoms with Crippen LogP contribution in [0.4, 0.5) is 5.69 Å². The maximum atomic E-state index is 11.8. The first-order valence-corrected chi connectivity index (χ1v) is 6.86. The first-order chi connectivity index (χ1) is 10.7. The molecule has 1 N–H and O–H groups in total. The highest BCUT2D eigenvalue weighted by Crippen LogP contribution is 2.23. The number of ether oxygens (including phenoxy) is 3. The van der Waals surface area contributed by atoms with Crippen LogP contribution in [-0.4, -0.2) is 30.8 Å². The van der Waals surface area contributed by atoms with Gasteiger partial charge < -0.3 is 19.5 Å². The normalized spacial score (nSPS) is 16.3. The molecular formula is C16H17NO6. The standard InChI is InChI=1S/C16H17NO6/c1-9-5-6-10(13(18)21-4)7-12(9)17-8-11-14(19)22-16(2,3)23-15(11)20/h5-8,17H,1-4H3. The average molecular weight is 319 g/mol. The molecule has 0 unspecified atom stereocenters. The Balaban J connectivity index is 2.24. The monoisotopic (exact) mass is 319 g/mol. The van der Waals surface area contributed by atoms with Crippen molar-refractivity contribution in [2.45, 2.75) is 26.6 Å². The molecule has 23 heavy (non-hydrogen) atoms. The van der Waals surface area contributed by atoms with Gasteiger partial charge in [0, 0.05) is 25.7 Å². The van der Waals surface area contributed by atoms with Gasteiger partial charge in [0.05, 0.1) is 12.7 Å². The van der Waals surface area contributed by atoms with E-state index in [1.807, 2.05) is 6.92 Å². The Morgan fingerprint density at radius 2 is 1.83 bits per heavy atom.